The second-order valence-electron chi connectivity index (χ2n) is 3.49. The highest BCUT2D eigenvalue weighted by atomic mass is 19.1. The standard InChI is InChI=1S/C12H16F2/c1-3-5-6-10-8-11(13)9(4-2)7-12(10)14/h7-8H,3-6H2,1-2H3. The summed E-state index contributed by atoms with van der Waals surface area (Å²) in [6.07, 6.45) is 3.07. The topological polar surface area (TPSA) is 0 Å². The Bertz CT molecular complexity index is 305. The van der Waals surface area contributed by atoms with E-state index in [2.05, 4.69) is 0 Å². The third-order valence-corrected chi connectivity index (χ3v) is 2.40. The molecule has 0 saturated carbocycles. The first kappa shape index (κ1) is 11.2. The fourth-order valence-electron chi connectivity index (χ4n) is 1.46. The molecule has 0 atom stereocenters. The largest absolute Gasteiger partial charge is 0.207 e. The Hall–Kier alpha value is -0.920. The highest BCUT2D eigenvalue weighted by Crippen LogP contribution is 2.17. The van der Waals surface area contributed by atoms with Gasteiger partial charge in [-0.05, 0) is 42.5 Å². The molecular formula is C12H16F2. The SMILES string of the molecule is CCCCc1cc(F)c(CC)cc1F. The Morgan fingerprint density at radius 2 is 1.57 bits per heavy atom. The van der Waals surface area contributed by atoms with Gasteiger partial charge in [-0.15, -0.1) is 0 Å². The van der Waals surface area contributed by atoms with Gasteiger partial charge in [0.15, 0.2) is 0 Å². The van der Waals surface area contributed by atoms with E-state index in [1.807, 2.05) is 13.8 Å². The number of aryl methyl sites for hydroxylation is 2. The number of halogens is 2. The van der Waals surface area contributed by atoms with Crippen LogP contribution in [-0.2, 0) is 12.8 Å². The first-order valence-electron chi connectivity index (χ1n) is 5.15. The van der Waals surface area contributed by atoms with Crippen molar-refractivity contribution in [3.63, 3.8) is 0 Å². The van der Waals surface area contributed by atoms with Crippen molar-refractivity contribution in [2.24, 2.45) is 0 Å². The summed E-state index contributed by atoms with van der Waals surface area (Å²) in [4.78, 5) is 0. The zero-order valence-corrected chi connectivity index (χ0v) is 8.74. The number of benzene rings is 1. The second-order valence-corrected chi connectivity index (χ2v) is 3.49. The highest BCUT2D eigenvalue weighted by molar-refractivity contribution is 5.26. The van der Waals surface area contributed by atoms with Crippen LogP contribution < -0.4 is 0 Å². The molecule has 0 unspecified atom stereocenters. The van der Waals surface area contributed by atoms with Crippen molar-refractivity contribution in [2.75, 3.05) is 0 Å². The van der Waals surface area contributed by atoms with E-state index in [0.29, 0.717) is 24.0 Å². The van der Waals surface area contributed by atoms with E-state index in [4.69, 9.17) is 0 Å². The maximum absolute atomic E-state index is 13.4. The molecule has 14 heavy (non-hydrogen) atoms. The summed E-state index contributed by atoms with van der Waals surface area (Å²) in [5, 5.41) is 0. The summed E-state index contributed by atoms with van der Waals surface area (Å²) in [7, 11) is 0. The smallest absolute Gasteiger partial charge is 0.126 e. The zero-order valence-electron chi connectivity index (χ0n) is 8.74. The van der Waals surface area contributed by atoms with Crippen LogP contribution in [0.5, 0.6) is 0 Å². The third kappa shape index (κ3) is 2.53. The van der Waals surface area contributed by atoms with Gasteiger partial charge in [-0.25, -0.2) is 8.78 Å². The van der Waals surface area contributed by atoms with Crippen LogP contribution in [0.25, 0.3) is 0 Å². The summed E-state index contributed by atoms with van der Waals surface area (Å²) < 4.78 is 26.7. The summed E-state index contributed by atoms with van der Waals surface area (Å²) in [6, 6.07) is 2.66. The molecule has 0 heterocycles. The predicted molar refractivity (Wildman–Crippen MR) is 54.3 cm³/mol. The van der Waals surface area contributed by atoms with Crippen molar-refractivity contribution in [2.45, 2.75) is 39.5 Å². The predicted octanol–water partition coefficient (Wildman–Crippen LogP) is 3.87. The molecule has 0 saturated heterocycles. The maximum atomic E-state index is 13.4. The van der Waals surface area contributed by atoms with Crippen molar-refractivity contribution in [3.8, 4) is 0 Å². The molecule has 78 valence electrons. The molecule has 0 radical (unpaired) electrons. The lowest BCUT2D eigenvalue weighted by Crippen LogP contribution is -1.96. The Kier molecular flexibility index (Phi) is 4.05. The molecule has 1 rings (SSSR count). The van der Waals surface area contributed by atoms with E-state index in [0.717, 1.165) is 12.8 Å². The third-order valence-electron chi connectivity index (χ3n) is 2.40. The van der Waals surface area contributed by atoms with E-state index in [1.165, 1.54) is 12.1 Å². The average molecular weight is 198 g/mol. The molecule has 0 aliphatic rings. The Balaban J connectivity index is 2.90. The molecule has 0 aromatic heterocycles. The van der Waals surface area contributed by atoms with Gasteiger partial charge in [-0.1, -0.05) is 20.3 Å². The van der Waals surface area contributed by atoms with Gasteiger partial charge < -0.3 is 0 Å². The van der Waals surface area contributed by atoms with E-state index in [9.17, 15) is 8.78 Å². The first-order chi connectivity index (χ1) is 6.69. The van der Waals surface area contributed by atoms with Crippen molar-refractivity contribution in [1.82, 2.24) is 0 Å². The Morgan fingerprint density at radius 1 is 1.00 bits per heavy atom. The Morgan fingerprint density at radius 3 is 2.14 bits per heavy atom. The fraction of sp³-hybridized carbons (Fsp3) is 0.500. The molecule has 0 nitrogen and oxygen atoms in total. The number of hydrogen-bond acceptors (Lipinski definition) is 0. The molecule has 1 aromatic carbocycles. The number of unbranched alkanes of at least 4 members (excludes halogenated alkanes) is 1. The summed E-state index contributed by atoms with van der Waals surface area (Å²) in [6.45, 7) is 3.86. The summed E-state index contributed by atoms with van der Waals surface area (Å²) >= 11 is 0. The van der Waals surface area contributed by atoms with Crippen LogP contribution >= 0.6 is 0 Å². The van der Waals surface area contributed by atoms with Crippen LogP contribution in [-0.4, -0.2) is 0 Å². The lowest BCUT2D eigenvalue weighted by Gasteiger charge is -2.05. The van der Waals surface area contributed by atoms with E-state index in [-0.39, 0.29) is 11.6 Å². The van der Waals surface area contributed by atoms with Crippen LogP contribution in [0.15, 0.2) is 12.1 Å². The van der Waals surface area contributed by atoms with Crippen molar-refractivity contribution in [3.05, 3.63) is 34.9 Å². The molecule has 2 heteroatoms. The van der Waals surface area contributed by atoms with Gasteiger partial charge in [0, 0.05) is 0 Å². The lowest BCUT2D eigenvalue weighted by molar-refractivity contribution is 0.570. The van der Waals surface area contributed by atoms with Gasteiger partial charge in [-0.3, -0.25) is 0 Å². The second kappa shape index (κ2) is 5.08. The highest BCUT2D eigenvalue weighted by Gasteiger charge is 2.07. The Labute approximate surface area is 84.0 Å². The van der Waals surface area contributed by atoms with Gasteiger partial charge in [0.2, 0.25) is 0 Å². The fourth-order valence-corrected chi connectivity index (χ4v) is 1.46. The molecule has 0 aliphatic carbocycles. The lowest BCUT2D eigenvalue weighted by atomic mass is 10.0. The van der Waals surface area contributed by atoms with Crippen molar-refractivity contribution < 1.29 is 8.78 Å². The minimum absolute atomic E-state index is 0.267. The van der Waals surface area contributed by atoms with Gasteiger partial charge in [0.1, 0.15) is 11.6 Å². The quantitative estimate of drug-likeness (QED) is 0.689. The molecule has 0 fully saturated rings. The van der Waals surface area contributed by atoms with Crippen LogP contribution in [0.1, 0.15) is 37.8 Å². The monoisotopic (exact) mass is 198 g/mol. The summed E-state index contributed by atoms with van der Waals surface area (Å²) in [5.74, 6) is -0.545. The number of hydrogen-bond donors (Lipinski definition) is 0. The van der Waals surface area contributed by atoms with E-state index < -0.39 is 0 Å². The van der Waals surface area contributed by atoms with Crippen LogP contribution in [0.3, 0.4) is 0 Å². The van der Waals surface area contributed by atoms with Crippen molar-refractivity contribution in [1.29, 1.82) is 0 Å². The molecular weight excluding hydrogens is 182 g/mol. The average Bonchev–Trinajstić information content (AvgIpc) is 2.18. The maximum Gasteiger partial charge on any atom is 0.126 e. The van der Waals surface area contributed by atoms with Crippen LogP contribution in [0.4, 0.5) is 8.78 Å². The number of rotatable bonds is 4. The molecule has 1 aromatic rings. The van der Waals surface area contributed by atoms with Gasteiger partial charge >= 0.3 is 0 Å². The molecule has 0 spiro atoms. The van der Waals surface area contributed by atoms with E-state index in [1.54, 1.807) is 0 Å². The van der Waals surface area contributed by atoms with Gasteiger partial charge in [-0.2, -0.15) is 0 Å². The molecule has 0 aliphatic heterocycles. The van der Waals surface area contributed by atoms with Gasteiger partial charge in [0.25, 0.3) is 0 Å². The van der Waals surface area contributed by atoms with Gasteiger partial charge in [0.05, 0.1) is 0 Å². The zero-order chi connectivity index (χ0) is 10.6. The van der Waals surface area contributed by atoms with E-state index >= 15 is 0 Å². The molecule has 0 bridgehead atoms. The van der Waals surface area contributed by atoms with Crippen molar-refractivity contribution >= 4 is 0 Å². The first-order valence-corrected chi connectivity index (χ1v) is 5.15. The molecule has 0 N–H and O–H groups in total. The van der Waals surface area contributed by atoms with Crippen LogP contribution in [0.2, 0.25) is 0 Å². The minimum atomic E-state index is -0.278. The van der Waals surface area contributed by atoms with Crippen LogP contribution in [0, 0.1) is 11.6 Å². The normalized spacial score (nSPS) is 10.6. The minimum Gasteiger partial charge on any atom is -0.207 e. The summed E-state index contributed by atoms with van der Waals surface area (Å²) in [5.41, 5.74) is 0.962. The molecule has 0 amide bonds.